The van der Waals surface area contributed by atoms with E-state index >= 15 is 0 Å². The molecular weight excluding hydrogens is 252 g/mol. The lowest BCUT2D eigenvalue weighted by Gasteiger charge is -2.05. The zero-order valence-corrected chi connectivity index (χ0v) is 11.4. The van der Waals surface area contributed by atoms with Crippen LogP contribution in [0.15, 0.2) is 58.8 Å². The Morgan fingerprint density at radius 2 is 0.950 bits per heavy atom. The van der Waals surface area contributed by atoms with Crippen LogP contribution >= 0.6 is 0 Å². The Hall–Kier alpha value is -2.62. The Kier molecular flexibility index (Phi) is 4.15. The van der Waals surface area contributed by atoms with Gasteiger partial charge in [0.05, 0.1) is 11.4 Å². The van der Waals surface area contributed by atoms with Crippen molar-refractivity contribution in [1.29, 1.82) is 0 Å². The van der Waals surface area contributed by atoms with Gasteiger partial charge in [-0.05, 0) is 36.1 Å². The quantitative estimate of drug-likeness (QED) is 0.506. The molecule has 2 aromatic rings. The lowest BCUT2D eigenvalue weighted by molar-refractivity contribution is 0.319. The Bertz CT molecular complexity index is 582. The summed E-state index contributed by atoms with van der Waals surface area (Å²) in [6.07, 6.45) is 0. The molecule has 102 valence electrons. The summed E-state index contributed by atoms with van der Waals surface area (Å²) in [4.78, 5) is 0. The molecular formula is C16H16N2O2. The van der Waals surface area contributed by atoms with Crippen LogP contribution in [0.5, 0.6) is 0 Å². The van der Waals surface area contributed by atoms with E-state index in [0.717, 1.165) is 22.3 Å². The molecule has 0 saturated carbocycles. The maximum atomic E-state index is 8.74. The van der Waals surface area contributed by atoms with Crippen molar-refractivity contribution in [3.05, 3.63) is 59.7 Å². The topological polar surface area (TPSA) is 65.2 Å². The second kappa shape index (κ2) is 6.02. The van der Waals surface area contributed by atoms with Crippen LogP contribution in [0.2, 0.25) is 0 Å². The van der Waals surface area contributed by atoms with E-state index in [1.807, 2.05) is 48.5 Å². The molecule has 0 saturated heterocycles. The van der Waals surface area contributed by atoms with Crippen molar-refractivity contribution in [3.63, 3.8) is 0 Å². The number of nitrogens with zero attached hydrogens (tertiary/aromatic N) is 2. The van der Waals surface area contributed by atoms with Crippen LogP contribution in [0, 0.1) is 0 Å². The molecule has 20 heavy (non-hydrogen) atoms. The Balaban J connectivity index is 2.28. The average Bonchev–Trinajstić information content (AvgIpc) is 2.53. The SMILES string of the molecule is CC(=NO)c1ccc(-c2ccc(C(C)=NO)cc2)cc1. The van der Waals surface area contributed by atoms with Gasteiger partial charge in [-0.2, -0.15) is 0 Å². The highest BCUT2D eigenvalue weighted by Crippen LogP contribution is 2.21. The molecule has 0 unspecified atom stereocenters. The summed E-state index contributed by atoms with van der Waals surface area (Å²) < 4.78 is 0. The fraction of sp³-hybridized carbons (Fsp3) is 0.125. The van der Waals surface area contributed by atoms with Gasteiger partial charge >= 0.3 is 0 Å². The van der Waals surface area contributed by atoms with Crippen molar-refractivity contribution in [3.8, 4) is 11.1 Å². The fourth-order valence-corrected chi connectivity index (χ4v) is 1.92. The van der Waals surface area contributed by atoms with Gasteiger partial charge in [-0.25, -0.2) is 0 Å². The van der Waals surface area contributed by atoms with E-state index in [9.17, 15) is 0 Å². The minimum Gasteiger partial charge on any atom is -0.411 e. The molecule has 2 N–H and O–H groups in total. The number of rotatable bonds is 3. The Morgan fingerprint density at radius 3 is 1.20 bits per heavy atom. The molecule has 0 aliphatic rings. The third kappa shape index (κ3) is 2.85. The molecule has 0 aliphatic carbocycles. The molecule has 4 heteroatoms. The second-order valence-corrected chi connectivity index (χ2v) is 4.53. The van der Waals surface area contributed by atoms with Crippen molar-refractivity contribution in [2.45, 2.75) is 13.8 Å². The van der Waals surface area contributed by atoms with Gasteiger partial charge in [0.15, 0.2) is 0 Å². The highest BCUT2D eigenvalue weighted by atomic mass is 16.4. The molecule has 2 rings (SSSR count). The summed E-state index contributed by atoms with van der Waals surface area (Å²) in [6, 6.07) is 15.6. The van der Waals surface area contributed by atoms with Gasteiger partial charge in [0.25, 0.3) is 0 Å². The highest BCUT2D eigenvalue weighted by Gasteiger charge is 2.02. The van der Waals surface area contributed by atoms with E-state index < -0.39 is 0 Å². The predicted octanol–water partition coefficient (Wildman–Crippen LogP) is 3.75. The first-order chi connectivity index (χ1) is 9.65. The van der Waals surface area contributed by atoms with Crippen molar-refractivity contribution in [2.75, 3.05) is 0 Å². The third-order valence-electron chi connectivity index (χ3n) is 3.24. The van der Waals surface area contributed by atoms with Crippen molar-refractivity contribution in [2.24, 2.45) is 10.3 Å². The van der Waals surface area contributed by atoms with Crippen molar-refractivity contribution < 1.29 is 10.4 Å². The lowest BCUT2D eigenvalue weighted by Crippen LogP contribution is -1.95. The average molecular weight is 268 g/mol. The van der Waals surface area contributed by atoms with Crippen LogP contribution < -0.4 is 0 Å². The maximum absolute atomic E-state index is 8.74. The van der Waals surface area contributed by atoms with Crippen LogP contribution in [-0.4, -0.2) is 21.8 Å². The summed E-state index contributed by atoms with van der Waals surface area (Å²) in [7, 11) is 0. The van der Waals surface area contributed by atoms with Gasteiger partial charge in [0.1, 0.15) is 0 Å². The number of hydrogen-bond donors (Lipinski definition) is 2. The number of oxime groups is 2. The first-order valence-corrected chi connectivity index (χ1v) is 6.24. The van der Waals surface area contributed by atoms with Gasteiger partial charge in [-0.15, -0.1) is 0 Å². The molecule has 0 amide bonds. The van der Waals surface area contributed by atoms with Gasteiger partial charge < -0.3 is 10.4 Å². The minimum atomic E-state index is 0.585. The summed E-state index contributed by atoms with van der Waals surface area (Å²) in [5.74, 6) is 0. The van der Waals surface area contributed by atoms with Crippen LogP contribution in [0.4, 0.5) is 0 Å². The zero-order valence-electron chi connectivity index (χ0n) is 11.4. The van der Waals surface area contributed by atoms with Crippen LogP contribution in [0.1, 0.15) is 25.0 Å². The molecule has 0 heterocycles. The largest absolute Gasteiger partial charge is 0.411 e. The molecule has 0 fully saturated rings. The third-order valence-corrected chi connectivity index (χ3v) is 3.24. The minimum absolute atomic E-state index is 0.585. The molecule has 0 spiro atoms. The molecule has 0 radical (unpaired) electrons. The van der Waals surface area contributed by atoms with Crippen LogP contribution in [-0.2, 0) is 0 Å². The van der Waals surface area contributed by atoms with Crippen LogP contribution in [0.3, 0.4) is 0 Å². The molecule has 0 aromatic heterocycles. The van der Waals surface area contributed by atoms with Gasteiger partial charge in [0.2, 0.25) is 0 Å². The smallest absolute Gasteiger partial charge is 0.0836 e. The molecule has 4 nitrogen and oxygen atoms in total. The molecule has 0 bridgehead atoms. The maximum Gasteiger partial charge on any atom is 0.0836 e. The molecule has 0 aliphatic heterocycles. The summed E-state index contributed by atoms with van der Waals surface area (Å²) in [6.45, 7) is 3.50. The standard InChI is InChI=1S/C16H16N2O2/c1-11(17-19)13-3-7-15(8-4-13)16-9-5-14(6-10-16)12(2)18-20/h3-10,19-20H,1-2H3. The fourth-order valence-electron chi connectivity index (χ4n) is 1.92. The van der Waals surface area contributed by atoms with E-state index in [0.29, 0.717) is 11.4 Å². The first kappa shape index (κ1) is 13.8. The van der Waals surface area contributed by atoms with E-state index in [-0.39, 0.29) is 0 Å². The zero-order chi connectivity index (χ0) is 14.5. The van der Waals surface area contributed by atoms with Crippen LogP contribution in [0.25, 0.3) is 11.1 Å². The number of hydrogen-bond acceptors (Lipinski definition) is 4. The normalized spacial score (nSPS) is 12.5. The van der Waals surface area contributed by atoms with Crippen molar-refractivity contribution >= 4 is 11.4 Å². The molecule has 0 atom stereocenters. The van der Waals surface area contributed by atoms with E-state index in [1.54, 1.807) is 13.8 Å². The van der Waals surface area contributed by atoms with Gasteiger partial charge in [-0.1, -0.05) is 58.8 Å². The number of benzene rings is 2. The summed E-state index contributed by atoms with van der Waals surface area (Å²) in [5, 5.41) is 23.8. The predicted molar refractivity (Wildman–Crippen MR) is 79.9 cm³/mol. The van der Waals surface area contributed by atoms with E-state index in [2.05, 4.69) is 10.3 Å². The summed E-state index contributed by atoms with van der Waals surface area (Å²) in [5.41, 5.74) is 5.09. The Labute approximate surface area is 117 Å². The highest BCUT2D eigenvalue weighted by molar-refractivity contribution is 5.99. The lowest BCUT2D eigenvalue weighted by atomic mass is 10.0. The van der Waals surface area contributed by atoms with E-state index in [1.165, 1.54) is 0 Å². The first-order valence-electron chi connectivity index (χ1n) is 6.24. The van der Waals surface area contributed by atoms with E-state index in [4.69, 9.17) is 10.4 Å². The Morgan fingerprint density at radius 1 is 0.650 bits per heavy atom. The molecule has 2 aromatic carbocycles. The monoisotopic (exact) mass is 268 g/mol. The van der Waals surface area contributed by atoms with Gasteiger partial charge in [-0.3, -0.25) is 0 Å². The summed E-state index contributed by atoms with van der Waals surface area (Å²) >= 11 is 0. The van der Waals surface area contributed by atoms with Crippen molar-refractivity contribution in [1.82, 2.24) is 0 Å². The van der Waals surface area contributed by atoms with Gasteiger partial charge in [0, 0.05) is 0 Å². The second-order valence-electron chi connectivity index (χ2n) is 4.53.